The highest BCUT2D eigenvalue weighted by molar-refractivity contribution is 5.61. The van der Waals surface area contributed by atoms with Crippen molar-refractivity contribution in [3.63, 3.8) is 0 Å². The molecule has 100 valence electrons. The number of oxazole rings is 1. The van der Waals surface area contributed by atoms with E-state index in [1.54, 1.807) is 6.26 Å². The van der Waals surface area contributed by atoms with Crippen molar-refractivity contribution in [2.24, 2.45) is 5.92 Å². The van der Waals surface area contributed by atoms with Crippen LogP contribution in [0.5, 0.6) is 0 Å². The van der Waals surface area contributed by atoms with Crippen molar-refractivity contribution in [2.45, 2.75) is 39.2 Å². The van der Waals surface area contributed by atoms with E-state index in [0.717, 1.165) is 17.2 Å². The summed E-state index contributed by atoms with van der Waals surface area (Å²) in [5.74, 6) is 1.66. The molecule has 1 saturated carbocycles. The Labute approximate surface area is 114 Å². The van der Waals surface area contributed by atoms with Gasteiger partial charge in [0.2, 0.25) is 0 Å². The monoisotopic (exact) mass is 256 g/mol. The van der Waals surface area contributed by atoms with Gasteiger partial charge >= 0.3 is 0 Å². The van der Waals surface area contributed by atoms with E-state index in [0.29, 0.717) is 11.9 Å². The zero-order valence-electron chi connectivity index (χ0n) is 11.5. The van der Waals surface area contributed by atoms with Crippen molar-refractivity contribution < 1.29 is 4.42 Å². The maximum Gasteiger partial charge on any atom is 0.191 e. The van der Waals surface area contributed by atoms with Crippen LogP contribution in [0, 0.1) is 12.8 Å². The highest BCUT2D eigenvalue weighted by Crippen LogP contribution is 2.34. The second-order valence-corrected chi connectivity index (χ2v) is 5.55. The second-order valence-electron chi connectivity index (χ2n) is 5.55. The maximum atomic E-state index is 5.24. The molecule has 1 aliphatic rings. The average molecular weight is 256 g/mol. The molecule has 1 atom stereocenters. The van der Waals surface area contributed by atoms with E-state index in [9.17, 15) is 0 Å². The number of benzene rings is 1. The molecule has 1 fully saturated rings. The van der Waals surface area contributed by atoms with Crippen molar-refractivity contribution in [1.29, 1.82) is 0 Å². The molecule has 1 heterocycles. The summed E-state index contributed by atoms with van der Waals surface area (Å²) in [6, 6.07) is 8.95. The average Bonchev–Trinajstić information content (AvgIpc) is 3.09. The van der Waals surface area contributed by atoms with Crippen LogP contribution in [-0.2, 0) is 0 Å². The lowest BCUT2D eigenvalue weighted by Crippen LogP contribution is -2.15. The van der Waals surface area contributed by atoms with Crippen LogP contribution in [0.3, 0.4) is 0 Å². The second kappa shape index (κ2) is 5.08. The molecule has 1 aromatic heterocycles. The van der Waals surface area contributed by atoms with Crippen molar-refractivity contribution in [3.8, 4) is 11.3 Å². The van der Waals surface area contributed by atoms with Crippen LogP contribution in [-0.4, -0.2) is 11.0 Å². The molecule has 0 bridgehead atoms. The van der Waals surface area contributed by atoms with E-state index in [2.05, 4.69) is 41.5 Å². The predicted octanol–water partition coefficient (Wildman–Crippen LogP) is 4.25. The van der Waals surface area contributed by atoms with Crippen molar-refractivity contribution in [2.75, 3.05) is 5.32 Å². The smallest absolute Gasteiger partial charge is 0.191 e. The summed E-state index contributed by atoms with van der Waals surface area (Å²) in [5, 5.41) is 3.55. The Hall–Kier alpha value is -1.77. The molecule has 3 nitrogen and oxygen atoms in total. The summed E-state index contributed by atoms with van der Waals surface area (Å²) < 4.78 is 5.24. The van der Waals surface area contributed by atoms with Gasteiger partial charge in [-0.2, -0.15) is 0 Å². The minimum absolute atomic E-state index is 0.549. The summed E-state index contributed by atoms with van der Waals surface area (Å²) in [5.41, 5.74) is 3.17. The summed E-state index contributed by atoms with van der Waals surface area (Å²) in [4.78, 5) is 4.33. The van der Waals surface area contributed by atoms with Crippen LogP contribution in [0.2, 0.25) is 0 Å². The van der Waals surface area contributed by atoms with E-state index < -0.39 is 0 Å². The van der Waals surface area contributed by atoms with E-state index in [1.165, 1.54) is 24.9 Å². The number of anilines is 1. The number of aromatic nitrogens is 1. The van der Waals surface area contributed by atoms with Crippen LogP contribution in [0.25, 0.3) is 11.3 Å². The minimum Gasteiger partial charge on any atom is -0.449 e. The first kappa shape index (κ1) is 12.3. The maximum absolute atomic E-state index is 5.24. The summed E-state index contributed by atoms with van der Waals surface area (Å²) in [6.07, 6.45) is 5.81. The number of hydrogen-bond donors (Lipinski definition) is 1. The fourth-order valence-electron chi connectivity index (χ4n) is 2.43. The molecule has 3 rings (SSSR count). The zero-order valence-corrected chi connectivity index (χ0v) is 11.5. The first-order valence-corrected chi connectivity index (χ1v) is 7.00. The van der Waals surface area contributed by atoms with Gasteiger partial charge in [-0.3, -0.25) is 0 Å². The molecule has 0 radical (unpaired) electrons. The SMILES string of the molecule is Cc1nc(-c2ccc(NC(C)CC3CC3)cc2)co1. The lowest BCUT2D eigenvalue weighted by Gasteiger charge is -2.14. The Kier molecular flexibility index (Phi) is 3.28. The van der Waals surface area contributed by atoms with E-state index in [1.807, 2.05) is 6.92 Å². The summed E-state index contributed by atoms with van der Waals surface area (Å²) in [7, 11) is 0. The van der Waals surface area contributed by atoms with Gasteiger partial charge in [-0.25, -0.2) is 4.98 Å². The van der Waals surface area contributed by atoms with Crippen molar-refractivity contribution >= 4 is 5.69 Å². The topological polar surface area (TPSA) is 38.1 Å². The Morgan fingerprint density at radius 2 is 2.05 bits per heavy atom. The molecule has 2 aromatic rings. The summed E-state index contributed by atoms with van der Waals surface area (Å²) >= 11 is 0. The standard InChI is InChI=1S/C16H20N2O/c1-11(9-13-3-4-13)17-15-7-5-14(6-8-15)16-10-19-12(2)18-16/h5-8,10-11,13,17H,3-4,9H2,1-2H3. The highest BCUT2D eigenvalue weighted by atomic mass is 16.3. The lowest BCUT2D eigenvalue weighted by atomic mass is 10.1. The summed E-state index contributed by atoms with van der Waals surface area (Å²) in [6.45, 7) is 4.12. The minimum atomic E-state index is 0.549. The normalized spacial score (nSPS) is 16.3. The Morgan fingerprint density at radius 3 is 2.63 bits per heavy atom. The fourth-order valence-corrected chi connectivity index (χ4v) is 2.43. The van der Waals surface area contributed by atoms with Crippen LogP contribution < -0.4 is 5.32 Å². The quantitative estimate of drug-likeness (QED) is 0.869. The van der Waals surface area contributed by atoms with Crippen LogP contribution in [0.1, 0.15) is 32.1 Å². The van der Waals surface area contributed by atoms with Crippen LogP contribution in [0.4, 0.5) is 5.69 Å². The van der Waals surface area contributed by atoms with Crippen LogP contribution >= 0.6 is 0 Å². The molecule has 3 heteroatoms. The molecule has 19 heavy (non-hydrogen) atoms. The Balaban J connectivity index is 1.64. The molecule has 1 unspecified atom stereocenters. The molecule has 0 spiro atoms. The number of nitrogens with one attached hydrogen (secondary N) is 1. The lowest BCUT2D eigenvalue weighted by molar-refractivity contribution is 0.521. The number of rotatable bonds is 5. The highest BCUT2D eigenvalue weighted by Gasteiger charge is 2.23. The fraction of sp³-hybridized carbons (Fsp3) is 0.438. The van der Waals surface area contributed by atoms with E-state index in [-0.39, 0.29) is 0 Å². The number of hydrogen-bond acceptors (Lipinski definition) is 3. The van der Waals surface area contributed by atoms with E-state index >= 15 is 0 Å². The van der Waals surface area contributed by atoms with Crippen molar-refractivity contribution in [3.05, 3.63) is 36.4 Å². The molecule has 0 amide bonds. The van der Waals surface area contributed by atoms with Gasteiger partial charge in [0.25, 0.3) is 0 Å². The Bertz CT molecular complexity index is 540. The van der Waals surface area contributed by atoms with Gasteiger partial charge in [0.05, 0.1) is 0 Å². The third kappa shape index (κ3) is 3.16. The third-order valence-electron chi connectivity index (χ3n) is 3.60. The zero-order chi connectivity index (χ0) is 13.2. The molecular formula is C16H20N2O. The molecule has 0 saturated heterocycles. The van der Waals surface area contributed by atoms with Crippen LogP contribution in [0.15, 0.2) is 34.9 Å². The van der Waals surface area contributed by atoms with Crippen molar-refractivity contribution in [1.82, 2.24) is 4.98 Å². The van der Waals surface area contributed by atoms with Gasteiger partial charge < -0.3 is 9.73 Å². The van der Waals surface area contributed by atoms with Gasteiger partial charge in [0, 0.05) is 24.2 Å². The number of aryl methyl sites for hydroxylation is 1. The molecule has 0 aliphatic heterocycles. The van der Waals surface area contributed by atoms with Gasteiger partial charge in [-0.15, -0.1) is 0 Å². The Morgan fingerprint density at radius 1 is 1.32 bits per heavy atom. The third-order valence-corrected chi connectivity index (χ3v) is 3.60. The van der Waals surface area contributed by atoms with Gasteiger partial charge in [-0.05, 0) is 31.4 Å². The first-order valence-electron chi connectivity index (χ1n) is 7.00. The largest absolute Gasteiger partial charge is 0.449 e. The number of nitrogens with zero attached hydrogens (tertiary/aromatic N) is 1. The van der Waals surface area contributed by atoms with Gasteiger partial charge in [-0.1, -0.05) is 25.0 Å². The predicted molar refractivity (Wildman–Crippen MR) is 77.1 cm³/mol. The van der Waals surface area contributed by atoms with Gasteiger partial charge in [0.1, 0.15) is 12.0 Å². The molecule has 1 aromatic carbocycles. The first-order chi connectivity index (χ1) is 9.20. The molecule has 1 N–H and O–H groups in total. The van der Waals surface area contributed by atoms with Gasteiger partial charge in [0.15, 0.2) is 5.89 Å². The molecule has 1 aliphatic carbocycles. The van der Waals surface area contributed by atoms with E-state index in [4.69, 9.17) is 4.42 Å². The molecular weight excluding hydrogens is 236 g/mol.